The molecule has 0 radical (unpaired) electrons. The van der Waals surface area contributed by atoms with Crippen LogP contribution in [0.5, 0.6) is 34.5 Å². The average molecular weight is 691 g/mol. The fourth-order valence-corrected chi connectivity index (χ4v) is 6.72. The molecule has 0 unspecified atom stereocenters. The predicted octanol–water partition coefficient (Wildman–Crippen LogP) is 12.0. The second-order valence-corrected chi connectivity index (χ2v) is 13.0. The van der Waals surface area contributed by atoms with E-state index in [4.69, 9.17) is 24.3 Å². The summed E-state index contributed by atoms with van der Waals surface area (Å²) in [7, 11) is 0. The van der Waals surface area contributed by atoms with E-state index in [1.165, 1.54) is 0 Å². The second kappa shape index (κ2) is 13.5. The predicted molar refractivity (Wildman–Crippen MR) is 210 cm³/mol. The zero-order valence-corrected chi connectivity index (χ0v) is 29.2. The molecule has 7 heteroatoms. The van der Waals surface area contributed by atoms with Crippen molar-refractivity contribution in [2.24, 2.45) is 0 Å². The van der Waals surface area contributed by atoms with Gasteiger partial charge in [-0.1, -0.05) is 60.7 Å². The summed E-state index contributed by atoms with van der Waals surface area (Å²) in [5.41, 5.74) is 6.76. The molecular weight excluding hydrogens is 657 g/mol. The summed E-state index contributed by atoms with van der Waals surface area (Å²) in [5.74, 6) is 5.09. The van der Waals surface area contributed by atoms with Crippen LogP contribution in [0.25, 0.3) is 44.4 Å². The van der Waals surface area contributed by atoms with E-state index >= 15 is 0 Å². The lowest BCUT2D eigenvalue weighted by atomic mass is 10.0. The van der Waals surface area contributed by atoms with Crippen LogP contribution >= 0.6 is 0 Å². The number of para-hydroxylation sites is 3. The van der Waals surface area contributed by atoms with Crippen LogP contribution in [0.1, 0.15) is 11.1 Å². The molecule has 3 aromatic heterocycles. The topological polar surface area (TPSA) is 63.3 Å². The summed E-state index contributed by atoms with van der Waals surface area (Å²) in [5, 5.41) is 7.09. The molecule has 9 rings (SSSR count). The van der Waals surface area contributed by atoms with E-state index in [9.17, 15) is 0 Å². The molecule has 0 fully saturated rings. The molecule has 0 aliphatic rings. The molecule has 0 atom stereocenters. The highest BCUT2D eigenvalue weighted by atomic mass is 16.5. The number of pyridine rings is 1. The van der Waals surface area contributed by atoms with Gasteiger partial charge in [-0.15, -0.1) is 0 Å². The number of nitrogens with zero attached hydrogens (tertiary/aromatic N) is 4. The number of hydrogen-bond donors (Lipinski definition) is 0. The number of hydrogen-bond acceptors (Lipinski definition) is 5. The maximum Gasteiger partial charge on any atom is 0.139 e. The van der Waals surface area contributed by atoms with Crippen LogP contribution < -0.4 is 14.2 Å². The maximum absolute atomic E-state index is 6.52. The quantitative estimate of drug-likeness (QED) is 0.151. The van der Waals surface area contributed by atoms with Crippen molar-refractivity contribution in [1.29, 1.82) is 0 Å². The minimum absolute atomic E-state index is 0.674. The van der Waals surface area contributed by atoms with Crippen molar-refractivity contribution >= 4 is 21.8 Å². The highest BCUT2D eigenvalue weighted by Gasteiger charge is 2.19. The summed E-state index contributed by atoms with van der Waals surface area (Å²) in [6, 6.07) is 50.2. The number of aromatic nitrogens is 4. The Hall–Kier alpha value is -7.12. The lowest BCUT2D eigenvalue weighted by molar-refractivity contribution is 0.463. The van der Waals surface area contributed by atoms with Crippen molar-refractivity contribution in [3.63, 3.8) is 0 Å². The first-order valence-electron chi connectivity index (χ1n) is 17.5. The first-order valence-corrected chi connectivity index (χ1v) is 17.5. The highest BCUT2D eigenvalue weighted by Crippen LogP contribution is 2.43. The van der Waals surface area contributed by atoms with Crippen molar-refractivity contribution in [1.82, 2.24) is 19.3 Å². The third kappa shape index (κ3) is 6.36. The van der Waals surface area contributed by atoms with Gasteiger partial charge in [-0.2, -0.15) is 5.10 Å². The Labute approximate surface area is 306 Å². The third-order valence-electron chi connectivity index (χ3n) is 9.12. The van der Waals surface area contributed by atoms with E-state index in [1.807, 2.05) is 139 Å². The smallest absolute Gasteiger partial charge is 0.139 e. The SMILES string of the molecule is Cc1ccnc(-n2c3ccccc3c3ccc(Oc4cccc(-n5cc(-c6c(Oc7ccccc7)cc(C)cc6Oc6ccccc6)cn5)c4)cc32)c1. The van der Waals surface area contributed by atoms with Crippen LogP contribution in [-0.2, 0) is 0 Å². The molecule has 0 amide bonds. The highest BCUT2D eigenvalue weighted by molar-refractivity contribution is 6.09. The van der Waals surface area contributed by atoms with Crippen molar-refractivity contribution in [2.75, 3.05) is 0 Å². The van der Waals surface area contributed by atoms with Crippen molar-refractivity contribution in [2.45, 2.75) is 13.8 Å². The van der Waals surface area contributed by atoms with E-state index < -0.39 is 0 Å². The number of benzene rings is 6. The van der Waals surface area contributed by atoms with E-state index in [0.717, 1.165) is 72.8 Å². The number of fused-ring (bicyclic) bond motifs is 3. The lowest BCUT2D eigenvalue weighted by Crippen LogP contribution is -1.98. The minimum Gasteiger partial charge on any atom is -0.457 e. The van der Waals surface area contributed by atoms with Crippen LogP contribution in [0.2, 0.25) is 0 Å². The van der Waals surface area contributed by atoms with Crippen molar-refractivity contribution < 1.29 is 14.2 Å². The van der Waals surface area contributed by atoms with Crippen LogP contribution in [-0.4, -0.2) is 19.3 Å². The van der Waals surface area contributed by atoms with Gasteiger partial charge in [0, 0.05) is 40.9 Å². The molecule has 53 heavy (non-hydrogen) atoms. The van der Waals surface area contributed by atoms with Gasteiger partial charge >= 0.3 is 0 Å². The first-order chi connectivity index (χ1) is 26.1. The van der Waals surface area contributed by atoms with Crippen LogP contribution in [0.15, 0.2) is 170 Å². The molecule has 0 aliphatic heterocycles. The Morgan fingerprint density at radius 1 is 0.509 bits per heavy atom. The van der Waals surface area contributed by atoms with Gasteiger partial charge in [-0.05, 0) is 104 Å². The number of aryl methyl sites for hydroxylation is 2. The van der Waals surface area contributed by atoms with Gasteiger partial charge in [0.1, 0.15) is 40.3 Å². The van der Waals surface area contributed by atoms with Gasteiger partial charge in [0.25, 0.3) is 0 Å². The van der Waals surface area contributed by atoms with Crippen molar-refractivity contribution in [3.05, 3.63) is 181 Å². The van der Waals surface area contributed by atoms with Gasteiger partial charge < -0.3 is 14.2 Å². The standard InChI is InChI=1S/C46H34N4O3/c1-31-22-23-47-45(26-31)50-41-19-10-9-18-39(41)40-21-20-38(28-42(40)50)51-37-17-11-12-34(27-37)49-30-33(29-48-49)46-43(52-35-13-5-3-6-14-35)24-32(2)25-44(46)53-36-15-7-4-8-16-36/h3-30H,1-2H3. The second-order valence-electron chi connectivity index (χ2n) is 13.0. The first kappa shape index (κ1) is 31.8. The molecule has 3 heterocycles. The molecule has 256 valence electrons. The molecule has 0 spiro atoms. The molecule has 0 N–H and O–H groups in total. The van der Waals surface area contributed by atoms with Crippen molar-refractivity contribution in [3.8, 4) is 57.1 Å². The molecule has 0 saturated heterocycles. The van der Waals surface area contributed by atoms with E-state index in [-0.39, 0.29) is 0 Å². The Kier molecular flexibility index (Phi) is 8.13. The maximum atomic E-state index is 6.52. The van der Waals surface area contributed by atoms with Gasteiger partial charge in [0.2, 0.25) is 0 Å². The Morgan fingerprint density at radius 3 is 1.91 bits per heavy atom. The normalized spacial score (nSPS) is 11.2. The number of rotatable bonds is 9. The van der Waals surface area contributed by atoms with E-state index in [2.05, 4.69) is 54.0 Å². The molecule has 0 saturated carbocycles. The molecule has 6 aromatic carbocycles. The monoisotopic (exact) mass is 690 g/mol. The molecular formula is C46H34N4O3. The zero-order valence-electron chi connectivity index (χ0n) is 29.2. The largest absolute Gasteiger partial charge is 0.457 e. The van der Waals surface area contributed by atoms with Crippen LogP contribution in [0.4, 0.5) is 0 Å². The molecule has 9 aromatic rings. The Bertz CT molecular complexity index is 2670. The summed E-state index contributed by atoms with van der Waals surface area (Å²) in [4.78, 5) is 4.72. The van der Waals surface area contributed by atoms with E-state index in [0.29, 0.717) is 17.2 Å². The fraction of sp³-hybridized carbons (Fsp3) is 0.0435. The summed E-state index contributed by atoms with van der Waals surface area (Å²) < 4.78 is 23.5. The molecule has 0 aliphatic carbocycles. The fourth-order valence-electron chi connectivity index (χ4n) is 6.72. The van der Waals surface area contributed by atoms with Crippen LogP contribution in [0.3, 0.4) is 0 Å². The van der Waals surface area contributed by atoms with Gasteiger partial charge in [-0.25, -0.2) is 9.67 Å². The van der Waals surface area contributed by atoms with E-state index in [1.54, 1.807) is 0 Å². The van der Waals surface area contributed by atoms with Gasteiger partial charge in [-0.3, -0.25) is 4.57 Å². The summed E-state index contributed by atoms with van der Waals surface area (Å²) >= 11 is 0. The third-order valence-corrected chi connectivity index (χ3v) is 9.12. The number of ether oxygens (including phenoxy) is 3. The molecule has 7 nitrogen and oxygen atoms in total. The minimum atomic E-state index is 0.674. The summed E-state index contributed by atoms with van der Waals surface area (Å²) in [6.45, 7) is 4.12. The Balaban J connectivity index is 1.07. The zero-order chi connectivity index (χ0) is 35.7. The molecule has 0 bridgehead atoms. The van der Waals surface area contributed by atoms with Gasteiger partial charge in [0.15, 0.2) is 0 Å². The lowest BCUT2D eigenvalue weighted by Gasteiger charge is -2.16. The summed E-state index contributed by atoms with van der Waals surface area (Å²) in [6.07, 6.45) is 5.67. The van der Waals surface area contributed by atoms with Gasteiger partial charge in [0.05, 0.1) is 28.5 Å². The Morgan fingerprint density at radius 2 is 1.17 bits per heavy atom. The average Bonchev–Trinajstić information content (AvgIpc) is 3.79. The van der Waals surface area contributed by atoms with Crippen LogP contribution in [0, 0.1) is 13.8 Å².